The van der Waals surface area contributed by atoms with E-state index >= 15 is 0 Å². The third kappa shape index (κ3) is 1.64. The van der Waals surface area contributed by atoms with Gasteiger partial charge in [-0.25, -0.2) is 0 Å². The van der Waals surface area contributed by atoms with E-state index in [1.807, 2.05) is 0 Å². The summed E-state index contributed by atoms with van der Waals surface area (Å²) in [4.78, 5) is 0. The van der Waals surface area contributed by atoms with E-state index in [1.165, 1.54) is 0 Å². The van der Waals surface area contributed by atoms with E-state index in [0.29, 0.717) is 0 Å². The molecule has 1 nitrogen and oxygen atoms in total. The number of allylic oxidation sites excluding steroid dienone is 1. The molecular formula is C10H14O. The van der Waals surface area contributed by atoms with Crippen LogP contribution >= 0.6 is 0 Å². The van der Waals surface area contributed by atoms with Gasteiger partial charge in [0.2, 0.25) is 0 Å². The largest absolute Gasteiger partial charge is 0.388 e. The van der Waals surface area contributed by atoms with Crippen molar-refractivity contribution in [2.24, 2.45) is 5.41 Å². The van der Waals surface area contributed by atoms with Gasteiger partial charge in [-0.15, -0.1) is 6.42 Å². The molecule has 0 spiro atoms. The third-order valence-corrected chi connectivity index (χ3v) is 2.38. The molecule has 11 heavy (non-hydrogen) atoms. The highest BCUT2D eigenvalue weighted by Crippen LogP contribution is 2.34. The molecule has 1 N–H and O–H groups in total. The zero-order valence-electron chi connectivity index (χ0n) is 7.09. The Labute approximate surface area is 68.1 Å². The lowest BCUT2D eigenvalue weighted by Crippen LogP contribution is -2.30. The first-order valence-electron chi connectivity index (χ1n) is 3.91. The molecule has 0 amide bonds. The van der Waals surface area contributed by atoms with Crippen LogP contribution in [-0.2, 0) is 0 Å². The Balaban J connectivity index is 2.80. The van der Waals surface area contributed by atoms with Gasteiger partial charge in [-0.3, -0.25) is 0 Å². The molecule has 1 unspecified atom stereocenters. The Hall–Kier alpha value is -0.740. The number of aliphatic hydroxyl groups is 1. The maximum Gasteiger partial charge on any atom is 0.0783 e. The molecule has 0 heterocycles. The van der Waals surface area contributed by atoms with E-state index in [1.54, 1.807) is 6.08 Å². The summed E-state index contributed by atoms with van der Waals surface area (Å²) in [6.45, 7) is 4.11. The predicted octanol–water partition coefficient (Wildman–Crippen LogP) is 1.73. The molecule has 1 aliphatic rings. The first-order chi connectivity index (χ1) is 5.06. The fourth-order valence-electron chi connectivity index (χ4n) is 1.22. The van der Waals surface area contributed by atoms with Crippen LogP contribution in [0, 0.1) is 17.8 Å². The van der Waals surface area contributed by atoms with Gasteiger partial charge in [0.1, 0.15) is 0 Å². The van der Waals surface area contributed by atoms with E-state index in [2.05, 4.69) is 19.8 Å². The van der Waals surface area contributed by atoms with Gasteiger partial charge in [0, 0.05) is 5.57 Å². The molecule has 0 aromatic carbocycles. The second-order valence-corrected chi connectivity index (χ2v) is 3.77. The van der Waals surface area contributed by atoms with Gasteiger partial charge < -0.3 is 5.11 Å². The molecule has 0 aromatic heterocycles. The van der Waals surface area contributed by atoms with Gasteiger partial charge in [-0.1, -0.05) is 19.8 Å². The lowest BCUT2D eigenvalue weighted by molar-refractivity contribution is 0.0762. The summed E-state index contributed by atoms with van der Waals surface area (Å²) >= 11 is 0. The lowest BCUT2D eigenvalue weighted by Gasteiger charge is -2.32. The lowest BCUT2D eigenvalue weighted by atomic mass is 9.76. The summed E-state index contributed by atoms with van der Waals surface area (Å²) in [6.07, 6.45) is 8.55. The summed E-state index contributed by atoms with van der Waals surface area (Å²) < 4.78 is 0. The van der Waals surface area contributed by atoms with Crippen molar-refractivity contribution in [3.8, 4) is 12.3 Å². The molecular weight excluding hydrogens is 136 g/mol. The maximum atomic E-state index is 9.57. The monoisotopic (exact) mass is 150 g/mol. The fraction of sp³-hybridized carbons (Fsp3) is 0.600. The number of terminal acetylenes is 1. The molecule has 1 atom stereocenters. The molecule has 1 rings (SSSR count). The van der Waals surface area contributed by atoms with E-state index in [-0.39, 0.29) is 11.5 Å². The molecule has 0 fully saturated rings. The Morgan fingerprint density at radius 3 is 2.82 bits per heavy atom. The Bertz CT molecular complexity index is 218. The summed E-state index contributed by atoms with van der Waals surface area (Å²) in [5.74, 6) is 2.57. The van der Waals surface area contributed by atoms with Crippen molar-refractivity contribution >= 4 is 0 Å². The van der Waals surface area contributed by atoms with Crippen LogP contribution in [0.1, 0.15) is 26.7 Å². The average Bonchev–Trinajstić information content (AvgIpc) is 1.95. The maximum absolute atomic E-state index is 9.57. The van der Waals surface area contributed by atoms with Crippen LogP contribution in [0.3, 0.4) is 0 Å². The zero-order chi connectivity index (χ0) is 8.48. The molecule has 0 saturated carbocycles. The smallest absolute Gasteiger partial charge is 0.0783 e. The first kappa shape index (κ1) is 8.36. The fourth-order valence-corrected chi connectivity index (χ4v) is 1.22. The molecule has 0 aromatic rings. The van der Waals surface area contributed by atoms with Crippen LogP contribution in [0.15, 0.2) is 11.6 Å². The third-order valence-electron chi connectivity index (χ3n) is 2.38. The summed E-state index contributed by atoms with van der Waals surface area (Å²) in [7, 11) is 0. The summed E-state index contributed by atoms with van der Waals surface area (Å²) in [5.41, 5.74) is 0.942. The first-order valence-corrected chi connectivity index (χ1v) is 3.91. The summed E-state index contributed by atoms with van der Waals surface area (Å²) in [6, 6.07) is 0. The van der Waals surface area contributed by atoms with Crippen LogP contribution in [0.2, 0.25) is 0 Å². The SMILES string of the molecule is C#CC1=CC(O)C(C)(C)CC1. The molecule has 0 aliphatic heterocycles. The van der Waals surface area contributed by atoms with Gasteiger partial charge in [0.25, 0.3) is 0 Å². The number of rotatable bonds is 0. The number of hydrogen-bond acceptors (Lipinski definition) is 1. The van der Waals surface area contributed by atoms with Crippen molar-refractivity contribution in [3.63, 3.8) is 0 Å². The van der Waals surface area contributed by atoms with Gasteiger partial charge in [0.05, 0.1) is 6.10 Å². The van der Waals surface area contributed by atoms with Crippen LogP contribution < -0.4 is 0 Å². The normalized spacial score (nSPS) is 28.9. The van der Waals surface area contributed by atoms with Crippen LogP contribution in [0.4, 0.5) is 0 Å². The quantitative estimate of drug-likeness (QED) is 0.521. The molecule has 0 saturated heterocycles. The summed E-state index contributed by atoms with van der Waals surface area (Å²) in [5, 5.41) is 9.57. The Kier molecular flexibility index (Phi) is 2.06. The minimum absolute atomic E-state index is 0.000347. The standard InChI is InChI=1S/C10H14O/c1-4-8-5-6-10(2,3)9(11)7-8/h1,7,9,11H,5-6H2,2-3H3. The Morgan fingerprint density at radius 1 is 1.73 bits per heavy atom. The van der Waals surface area contributed by atoms with E-state index in [9.17, 15) is 5.11 Å². The van der Waals surface area contributed by atoms with E-state index in [0.717, 1.165) is 18.4 Å². The van der Waals surface area contributed by atoms with Crippen molar-refractivity contribution in [3.05, 3.63) is 11.6 Å². The van der Waals surface area contributed by atoms with Crippen molar-refractivity contribution in [1.29, 1.82) is 0 Å². The Morgan fingerprint density at radius 2 is 2.36 bits per heavy atom. The van der Waals surface area contributed by atoms with E-state index < -0.39 is 0 Å². The highest BCUT2D eigenvalue weighted by Gasteiger charge is 2.29. The molecule has 0 radical (unpaired) electrons. The van der Waals surface area contributed by atoms with Crippen molar-refractivity contribution < 1.29 is 5.11 Å². The minimum Gasteiger partial charge on any atom is -0.388 e. The molecule has 0 bridgehead atoms. The van der Waals surface area contributed by atoms with Crippen molar-refractivity contribution in [2.45, 2.75) is 32.8 Å². The second-order valence-electron chi connectivity index (χ2n) is 3.77. The second kappa shape index (κ2) is 2.71. The highest BCUT2D eigenvalue weighted by molar-refractivity contribution is 5.29. The van der Waals surface area contributed by atoms with Crippen molar-refractivity contribution in [1.82, 2.24) is 0 Å². The molecule has 60 valence electrons. The number of aliphatic hydroxyl groups excluding tert-OH is 1. The van der Waals surface area contributed by atoms with Crippen molar-refractivity contribution in [2.75, 3.05) is 0 Å². The number of hydrogen-bond donors (Lipinski definition) is 1. The van der Waals surface area contributed by atoms with Gasteiger partial charge >= 0.3 is 0 Å². The van der Waals surface area contributed by atoms with Gasteiger partial charge in [-0.05, 0) is 24.3 Å². The van der Waals surface area contributed by atoms with Gasteiger partial charge in [0.15, 0.2) is 0 Å². The average molecular weight is 150 g/mol. The van der Waals surface area contributed by atoms with Gasteiger partial charge in [-0.2, -0.15) is 0 Å². The van der Waals surface area contributed by atoms with E-state index in [4.69, 9.17) is 6.42 Å². The predicted molar refractivity (Wildman–Crippen MR) is 45.9 cm³/mol. The molecule has 1 aliphatic carbocycles. The topological polar surface area (TPSA) is 20.2 Å². The van der Waals surface area contributed by atoms with Crippen LogP contribution in [-0.4, -0.2) is 11.2 Å². The zero-order valence-corrected chi connectivity index (χ0v) is 7.09. The van der Waals surface area contributed by atoms with Crippen LogP contribution in [0.5, 0.6) is 0 Å². The van der Waals surface area contributed by atoms with Crippen LogP contribution in [0.25, 0.3) is 0 Å². The molecule has 1 heteroatoms. The highest BCUT2D eigenvalue weighted by atomic mass is 16.3. The minimum atomic E-state index is -0.373.